The first-order valence-corrected chi connectivity index (χ1v) is 6.09. The van der Waals surface area contributed by atoms with Gasteiger partial charge in [-0.05, 0) is 12.1 Å². The molecule has 0 saturated carbocycles. The number of aliphatic carboxylic acids is 1. The molecular weight excluding hydrogens is 239 g/mol. The van der Waals surface area contributed by atoms with E-state index < -0.39 is 21.9 Å². The Hall–Kier alpha value is -0.873. The van der Waals surface area contributed by atoms with E-state index in [1.165, 1.54) is 24.5 Å². The van der Waals surface area contributed by atoms with Gasteiger partial charge in [0.05, 0.1) is 5.92 Å². The summed E-state index contributed by atoms with van der Waals surface area (Å²) in [7, 11) is -3.56. The van der Waals surface area contributed by atoms with E-state index in [4.69, 9.17) is 5.11 Å². The molecule has 1 aliphatic heterocycles. The van der Waals surface area contributed by atoms with Crippen LogP contribution in [0.15, 0.2) is 29.4 Å². The number of sulfonamides is 1. The Labute approximate surface area is 111 Å². The SMILES string of the molecule is O=C(O)C1CN(S(=O)(=O)c2cccnc2)C1.[Li]. The fourth-order valence-corrected chi connectivity index (χ4v) is 2.93. The van der Waals surface area contributed by atoms with Crippen molar-refractivity contribution >= 4 is 34.9 Å². The number of carboxylic acid groups (broad SMARTS) is 1. The second-order valence-corrected chi connectivity index (χ2v) is 5.48. The Morgan fingerprint density at radius 1 is 1.47 bits per heavy atom. The van der Waals surface area contributed by atoms with Crippen molar-refractivity contribution in [1.82, 2.24) is 9.29 Å². The molecule has 0 amide bonds. The Bertz CT molecular complexity index is 499. The fraction of sp³-hybridized carbons (Fsp3) is 0.333. The molecule has 0 atom stereocenters. The Morgan fingerprint density at radius 3 is 2.59 bits per heavy atom. The maximum absolute atomic E-state index is 11.9. The monoisotopic (exact) mass is 249 g/mol. The van der Waals surface area contributed by atoms with E-state index in [0.717, 1.165) is 4.31 Å². The number of carboxylic acids is 1. The third-order valence-corrected chi connectivity index (χ3v) is 4.28. The Balaban J connectivity index is 0.00000144. The minimum atomic E-state index is -3.56. The van der Waals surface area contributed by atoms with Crippen molar-refractivity contribution in [2.24, 2.45) is 5.92 Å². The molecule has 0 spiro atoms. The smallest absolute Gasteiger partial charge is 0.309 e. The van der Waals surface area contributed by atoms with Crippen LogP contribution < -0.4 is 0 Å². The molecular formula is C9H10LiN2O4S. The summed E-state index contributed by atoms with van der Waals surface area (Å²) in [6.45, 7) is 0.0686. The summed E-state index contributed by atoms with van der Waals surface area (Å²) in [4.78, 5) is 14.4. The van der Waals surface area contributed by atoms with Gasteiger partial charge in [0.1, 0.15) is 4.90 Å². The molecule has 8 heteroatoms. The first-order valence-electron chi connectivity index (χ1n) is 4.65. The predicted octanol–water partition coefficient (Wildman–Crippen LogP) is -0.594. The third-order valence-electron chi connectivity index (χ3n) is 2.47. The summed E-state index contributed by atoms with van der Waals surface area (Å²) in [5.74, 6) is -1.55. The molecule has 1 saturated heterocycles. The quantitative estimate of drug-likeness (QED) is 0.723. The van der Waals surface area contributed by atoms with Gasteiger partial charge in [0.15, 0.2) is 0 Å². The average Bonchev–Trinajstić information content (AvgIpc) is 2.15. The van der Waals surface area contributed by atoms with Gasteiger partial charge in [-0.15, -0.1) is 0 Å². The normalized spacial score (nSPS) is 16.9. The molecule has 1 N–H and O–H groups in total. The van der Waals surface area contributed by atoms with E-state index in [1.54, 1.807) is 0 Å². The number of pyridine rings is 1. The average molecular weight is 249 g/mol. The second kappa shape index (κ2) is 5.19. The first kappa shape index (κ1) is 14.2. The molecule has 0 aromatic carbocycles. The number of nitrogens with zero attached hydrogens (tertiary/aromatic N) is 2. The van der Waals surface area contributed by atoms with Crippen LogP contribution >= 0.6 is 0 Å². The molecule has 6 nitrogen and oxygen atoms in total. The van der Waals surface area contributed by atoms with E-state index in [1.807, 2.05) is 0 Å². The summed E-state index contributed by atoms with van der Waals surface area (Å²) in [6.07, 6.45) is 2.73. The van der Waals surface area contributed by atoms with E-state index in [2.05, 4.69) is 4.98 Å². The molecule has 1 aromatic rings. The van der Waals surface area contributed by atoms with Crippen molar-refractivity contribution in [2.45, 2.75) is 4.90 Å². The fourth-order valence-electron chi connectivity index (χ4n) is 1.44. The summed E-state index contributed by atoms with van der Waals surface area (Å²) < 4.78 is 24.9. The van der Waals surface area contributed by atoms with Crippen molar-refractivity contribution in [3.05, 3.63) is 24.5 Å². The zero-order valence-electron chi connectivity index (χ0n) is 9.28. The predicted molar refractivity (Wildman–Crippen MR) is 59.9 cm³/mol. The standard InChI is InChI=1S/C9H10N2O4S.Li/c12-9(13)7-5-11(6-7)16(14,15)8-2-1-3-10-4-8;/h1-4,7H,5-6H2,(H,12,13);. The van der Waals surface area contributed by atoms with Gasteiger partial charge >= 0.3 is 5.97 Å². The minimum Gasteiger partial charge on any atom is -0.481 e. The van der Waals surface area contributed by atoms with Gasteiger partial charge in [-0.3, -0.25) is 9.78 Å². The molecule has 17 heavy (non-hydrogen) atoms. The van der Waals surface area contributed by atoms with Gasteiger partial charge < -0.3 is 5.11 Å². The first-order chi connectivity index (χ1) is 7.51. The zero-order chi connectivity index (χ0) is 11.8. The van der Waals surface area contributed by atoms with Crippen LogP contribution in [0, 0.1) is 5.92 Å². The van der Waals surface area contributed by atoms with E-state index in [0.29, 0.717) is 0 Å². The molecule has 2 heterocycles. The molecule has 1 fully saturated rings. The van der Waals surface area contributed by atoms with Crippen LogP contribution in [0.5, 0.6) is 0 Å². The molecule has 1 aliphatic rings. The molecule has 0 aliphatic carbocycles. The molecule has 1 radical (unpaired) electrons. The van der Waals surface area contributed by atoms with Gasteiger partial charge in [0, 0.05) is 44.3 Å². The van der Waals surface area contributed by atoms with Gasteiger partial charge in [0.2, 0.25) is 10.0 Å². The van der Waals surface area contributed by atoms with Crippen molar-refractivity contribution in [3.8, 4) is 0 Å². The Kier molecular flexibility index (Phi) is 4.33. The number of hydrogen-bond donors (Lipinski definition) is 1. The maximum Gasteiger partial charge on any atom is 0.309 e. The second-order valence-electron chi connectivity index (χ2n) is 3.55. The van der Waals surface area contributed by atoms with Crippen molar-refractivity contribution in [1.29, 1.82) is 0 Å². The maximum atomic E-state index is 11.9. The third kappa shape index (κ3) is 2.69. The minimum absolute atomic E-state index is 0. The molecule has 0 unspecified atom stereocenters. The van der Waals surface area contributed by atoms with Crippen molar-refractivity contribution < 1.29 is 18.3 Å². The number of rotatable bonds is 3. The zero-order valence-corrected chi connectivity index (χ0v) is 10.1. The van der Waals surface area contributed by atoms with Gasteiger partial charge in [0.25, 0.3) is 0 Å². The van der Waals surface area contributed by atoms with Crippen molar-refractivity contribution in [2.75, 3.05) is 13.1 Å². The van der Waals surface area contributed by atoms with Crippen LogP contribution in [-0.2, 0) is 14.8 Å². The van der Waals surface area contributed by atoms with Crippen LogP contribution in [0.4, 0.5) is 0 Å². The summed E-state index contributed by atoms with van der Waals surface area (Å²) in [5, 5.41) is 8.65. The van der Waals surface area contributed by atoms with E-state index in [9.17, 15) is 13.2 Å². The molecule has 87 valence electrons. The molecule has 2 rings (SSSR count). The van der Waals surface area contributed by atoms with Crippen LogP contribution in [0.1, 0.15) is 0 Å². The number of aromatic nitrogens is 1. The summed E-state index contributed by atoms with van der Waals surface area (Å²) >= 11 is 0. The van der Waals surface area contributed by atoms with Gasteiger partial charge in [-0.25, -0.2) is 8.42 Å². The van der Waals surface area contributed by atoms with E-state index in [-0.39, 0.29) is 36.8 Å². The largest absolute Gasteiger partial charge is 0.481 e. The molecule has 0 bridgehead atoms. The molecule has 1 aromatic heterocycles. The summed E-state index contributed by atoms with van der Waals surface area (Å²) in [5.41, 5.74) is 0. The van der Waals surface area contributed by atoms with Gasteiger partial charge in [-0.1, -0.05) is 0 Å². The van der Waals surface area contributed by atoms with Gasteiger partial charge in [-0.2, -0.15) is 4.31 Å². The van der Waals surface area contributed by atoms with Crippen LogP contribution in [0.3, 0.4) is 0 Å². The van der Waals surface area contributed by atoms with Crippen LogP contribution in [0.25, 0.3) is 0 Å². The van der Waals surface area contributed by atoms with E-state index >= 15 is 0 Å². The summed E-state index contributed by atoms with van der Waals surface area (Å²) in [6, 6.07) is 2.97. The van der Waals surface area contributed by atoms with Crippen molar-refractivity contribution in [3.63, 3.8) is 0 Å². The Morgan fingerprint density at radius 2 is 2.12 bits per heavy atom. The van der Waals surface area contributed by atoms with Crippen LogP contribution in [-0.4, -0.2) is 60.7 Å². The van der Waals surface area contributed by atoms with Crippen LogP contribution in [0.2, 0.25) is 0 Å². The number of hydrogen-bond acceptors (Lipinski definition) is 4. The topological polar surface area (TPSA) is 87.6 Å². The number of carbonyl (C=O) groups is 1.